The van der Waals surface area contributed by atoms with Crippen LogP contribution in [0.3, 0.4) is 0 Å². The summed E-state index contributed by atoms with van der Waals surface area (Å²) in [5.74, 6) is -0.848. The molecule has 39 heavy (non-hydrogen) atoms. The summed E-state index contributed by atoms with van der Waals surface area (Å²) in [5.41, 5.74) is 7.30. The molecule has 0 atom stereocenters. The van der Waals surface area contributed by atoms with Gasteiger partial charge in [-0.1, -0.05) is 28.9 Å². The van der Waals surface area contributed by atoms with Gasteiger partial charge in [-0.25, -0.2) is 4.79 Å². The molecule has 0 aliphatic heterocycles. The molecule has 0 fully saturated rings. The van der Waals surface area contributed by atoms with E-state index in [4.69, 9.17) is 26.6 Å². The third kappa shape index (κ3) is 5.47. The summed E-state index contributed by atoms with van der Waals surface area (Å²) in [6.07, 6.45) is 4.26. The van der Waals surface area contributed by atoms with Crippen LogP contribution in [0.4, 0.5) is 11.5 Å². The zero-order valence-electron chi connectivity index (χ0n) is 20.5. The molecule has 0 saturated heterocycles. The first-order valence-electron chi connectivity index (χ1n) is 11.5. The molecule has 0 spiro atoms. The van der Waals surface area contributed by atoms with Gasteiger partial charge in [-0.05, 0) is 24.3 Å². The van der Waals surface area contributed by atoms with Crippen LogP contribution in [-0.2, 0) is 17.8 Å². The number of thiophene rings is 1. The predicted octanol–water partition coefficient (Wildman–Crippen LogP) is 4.13. The van der Waals surface area contributed by atoms with Crippen LogP contribution in [0.25, 0.3) is 11.3 Å². The van der Waals surface area contributed by atoms with Gasteiger partial charge < -0.3 is 24.9 Å². The quantitative estimate of drug-likeness (QED) is 0.209. The van der Waals surface area contributed by atoms with E-state index in [1.54, 1.807) is 36.4 Å². The summed E-state index contributed by atoms with van der Waals surface area (Å²) in [6.45, 7) is 0.479. The highest BCUT2D eigenvalue weighted by Gasteiger charge is 2.23. The number of anilines is 2. The fourth-order valence-corrected chi connectivity index (χ4v) is 4.93. The number of ether oxygens (including phenoxy) is 1. The molecule has 0 radical (unpaired) electrons. The van der Waals surface area contributed by atoms with Gasteiger partial charge in [-0.3, -0.25) is 9.59 Å². The zero-order chi connectivity index (χ0) is 27.5. The number of pyridine rings is 1. The smallest absolute Gasteiger partial charge is 0.340 e. The number of nitrogens with two attached hydrogens (primary N) is 1. The van der Waals surface area contributed by atoms with E-state index >= 15 is 0 Å². The van der Waals surface area contributed by atoms with Gasteiger partial charge in [-0.15, -0.1) is 11.3 Å². The van der Waals surface area contributed by atoms with Gasteiger partial charge in [0.2, 0.25) is 0 Å². The number of methoxy groups -OCH3 is 1. The molecule has 1 aromatic carbocycles. The van der Waals surface area contributed by atoms with Crippen molar-refractivity contribution in [1.82, 2.24) is 19.5 Å². The minimum atomic E-state index is -0.681. The molecular formula is C26H21ClN6O5S. The van der Waals surface area contributed by atoms with Crippen LogP contribution in [0.1, 0.15) is 31.2 Å². The van der Waals surface area contributed by atoms with Crippen molar-refractivity contribution < 1.29 is 18.8 Å². The highest BCUT2D eigenvalue weighted by Crippen LogP contribution is 2.28. The molecule has 4 heterocycles. The number of carbonyl (C=O) groups is 2. The number of aromatic nitrogens is 4. The number of hydrogen-bond acceptors (Lipinski definition) is 10. The normalized spacial score (nSPS) is 10.9. The van der Waals surface area contributed by atoms with E-state index in [1.165, 1.54) is 47.7 Å². The van der Waals surface area contributed by atoms with E-state index in [0.29, 0.717) is 22.3 Å². The lowest BCUT2D eigenvalue weighted by molar-refractivity contribution is 0.0600. The minimum absolute atomic E-state index is 0.0847. The summed E-state index contributed by atoms with van der Waals surface area (Å²) in [7, 11) is 1.24. The Bertz CT molecular complexity index is 1720. The molecule has 0 amide bonds. The second-order valence-electron chi connectivity index (χ2n) is 8.37. The van der Waals surface area contributed by atoms with Gasteiger partial charge in [0.05, 0.1) is 47.6 Å². The van der Waals surface area contributed by atoms with Gasteiger partial charge in [0.25, 0.3) is 11.5 Å². The second-order valence-corrected chi connectivity index (χ2v) is 10.2. The first-order chi connectivity index (χ1) is 18.8. The fraction of sp³-hybridized carbons (Fsp3) is 0.115. The number of nitrogen functional groups attached to an aromatic ring is 1. The molecule has 3 N–H and O–H groups in total. The maximum absolute atomic E-state index is 13.5. The maximum atomic E-state index is 13.5. The van der Waals surface area contributed by atoms with Crippen molar-refractivity contribution in [2.45, 2.75) is 13.1 Å². The number of nitrogens with one attached hydrogen (secondary N) is 1. The lowest BCUT2D eigenvalue weighted by atomic mass is 10.1. The number of nitrogens with zero attached hydrogens (tertiary/aromatic N) is 4. The molecule has 13 heteroatoms. The molecule has 4 aromatic heterocycles. The topological polar surface area (TPSA) is 147 Å². The number of halogens is 1. The average Bonchev–Trinajstić information content (AvgIpc) is 3.69. The number of hydrogen-bond donors (Lipinski definition) is 2. The Balaban J connectivity index is 1.60. The van der Waals surface area contributed by atoms with Crippen molar-refractivity contribution in [3.8, 4) is 11.3 Å². The van der Waals surface area contributed by atoms with Gasteiger partial charge in [0.1, 0.15) is 12.1 Å². The van der Waals surface area contributed by atoms with E-state index in [2.05, 4.69) is 15.6 Å². The van der Waals surface area contributed by atoms with Gasteiger partial charge in [0, 0.05) is 40.0 Å². The Morgan fingerprint density at radius 3 is 2.69 bits per heavy atom. The summed E-state index contributed by atoms with van der Waals surface area (Å²) in [6, 6.07) is 13.1. The third-order valence-corrected chi connectivity index (χ3v) is 7.04. The number of para-hydroxylation sites is 1. The first-order valence-corrected chi connectivity index (χ1v) is 12.7. The molecule has 0 aliphatic carbocycles. The SMILES string of the molecule is COC(=O)c1cn(Cc2cnoc2)c(=O)cc1-c1cc(NCc2ccc(Cl)s2)n(C(=O)c2ccccc2N)n1. The Hall–Kier alpha value is -4.68. The van der Waals surface area contributed by atoms with Gasteiger partial charge >= 0.3 is 5.97 Å². The summed E-state index contributed by atoms with van der Waals surface area (Å²) >= 11 is 7.45. The van der Waals surface area contributed by atoms with E-state index < -0.39 is 17.4 Å². The lowest BCUT2D eigenvalue weighted by Crippen LogP contribution is -2.22. The number of esters is 1. The van der Waals surface area contributed by atoms with Crippen LogP contribution in [0.15, 0.2) is 76.5 Å². The van der Waals surface area contributed by atoms with Crippen LogP contribution in [0.5, 0.6) is 0 Å². The van der Waals surface area contributed by atoms with Crippen LogP contribution in [0, 0.1) is 0 Å². The van der Waals surface area contributed by atoms with Gasteiger partial charge in [0.15, 0.2) is 0 Å². The Labute approximate surface area is 230 Å². The Morgan fingerprint density at radius 2 is 2.00 bits per heavy atom. The molecular weight excluding hydrogens is 544 g/mol. The summed E-state index contributed by atoms with van der Waals surface area (Å²) in [4.78, 5) is 40.2. The molecule has 0 bridgehead atoms. The number of carbonyl (C=O) groups excluding carboxylic acids is 2. The van der Waals surface area contributed by atoms with E-state index in [0.717, 1.165) is 9.56 Å². The minimum Gasteiger partial charge on any atom is -0.465 e. The lowest BCUT2D eigenvalue weighted by Gasteiger charge is -2.10. The molecule has 0 aliphatic rings. The number of rotatable bonds is 8. The predicted molar refractivity (Wildman–Crippen MR) is 146 cm³/mol. The van der Waals surface area contributed by atoms with Crippen LogP contribution < -0.4 is 16.6 Å². The standard InChI is InChI=1S/C26H21ClN6O5S/c1-37-26(36)19-13-32(12-15-10-30-38-14-15)24(34)8-18(19)21-9-23(29-11-16-6-7-22(27)39-16)33(31-21)25(35)17-4-2-3-5-20(17)28/h2-10,13-14,29H,11-12,28H2,1H3. The van der Waals surface area contributed by atoms with Crippen LogP contribution in [0.2, 0.25) is 4.34 Å². The highest BCUT2D eigenvalue weighted by molar-refractivity contribution is 7.16. The molecule has 198 valence electrons. The van der Waals surface area contributed by atoms with Gasteiger partial charge in [-0.2, -0.15) is 9.78 Å². The summed E-state index contributed by atoms with van der Waals surface area (Å²) < 4.78 is 12.9. The number of benzene rings is 1. The molecule has 0 saturated carbocycles. The van der Waals surface area contributed by atoms with Crippen molar-refractivity contribution in [1.29, 1.82) is 0 Å². The highest BCUT2D eigenvalue weighted by atomic mass is 35.5. The van der Waals surface area contributed by atoms with Crippen molar-refractivity contribution in [2.24, 2.45) is 0 Å². The largest absolute Gasteiger partial charge is 0.465 e. The molecule has 5 rings (SSSR count). The van der Waals surface area contributed by atoms with Crippen molar-refractivity contribution in [3.05, 3.63) is 103 Å². The van der Waals surface area contributed by atoms with Crippen molar-refractivity contribution in [2.75, 3.05) is 18.2 Å². The van der Waals surface area contributed by atoms with Crippen LogP contribution in [-0.4, -0.2) is 38.5 Å². The van der Waals surface area contributed by atoms with Crippen molar-refractivity contribution in [3.63, 3.8) is 0 Å². The second kappa shape index (κ2) is 11.0. The van der Waals surface area contributed by atoms with E-state index in [9.17, 15) is 14.4 Å². The summed E-state index contributed by atoms with van der Waals surface area (Å²) in [5, 5.41) is 11.3. The molecule has 5 aromatic rings. The molecule has 0 unspecified atom stereocenters. The third-order valence-electron chi connectivity index (χ3n) is 5.81. The van der Waals surface area contributed by atoms with Crippen LogP contribution >= 0.6 is 22.9 Å². The average molecular weight is 565 g/mol. The van der Waals surface area contributed by atoms with Crippen molar-refractivity contribution >= 4 is 46.3 Å². The fourth-order valence-electron chi connectivity index (χ4n) is 3.91. The maximum Gasteiger partial charge on any atom is 0.340 e. The van der Waals surface area contributed by atoms with E-state index in [1.807, 2.05) is 6.07 Å². The van der Waals surface area contributed by atoms with E-state index in [-0.39, 0.29) is 34.6 Å². The Kier molecular flexibility index (Phi) is 7.30. The first kappa shape index (κ1) is 25.9. The monoisotopic (exact) mass is 564 g/mol. The Morgan fingerprint density at radius 1 is 1.18 bits per heavy atom. The zero-order valence-corrected chi connectivity index (χ0v) is 22.0. The molecule has 11 nitrogen and oxygen atoms in total.